The van der Waals surface area contributed by atoms with E-state index in [4.69, 9.17) is 0 Å². The highest BCUT2D eigenvalue weighted by molar-refractivity contribution is 6.44. The second-order valence-electron chi connectivity index (χ2n) is 5.20. The number of carbonyl (C=O) groups excluding carboxylic acids is 3. The molecule has 0 unspecified atom stereocenters. The fourth-order valence-electron chi connectivity index (χ4n) is 2.62. The SMILES string of the molecule is CC(=O)c1ccc2c(c1)CCN2C(=O)C1=NNC(=O)CC1. The summed E-state index contributed by atoms with van der Waals surface area (Å²) in [5, 5.41) is 3.85. The lowest BCUT2D eigenvalue weighted by Crippen LogP contribution is -2.39. The number of anilines is 1. The third kappa shape index (κ3) is 2.44. The monoisotopic (exact) mass is 285 g/mol. The number of hydrazone groups is 1. The maximum atomic E-state index is 12.5. The zero-order chi connectivity index (χ0) is 15.0. The van der Waals surface area contributed by atoms with Gasteiger partial charge in [0.25, 0.3) is 5.91 Å². The van der Waals surface area contributed by atoms with Gasteiger partial charge in [0, 0.05) is 30.6 Å². The summed E-state index contributed by atoms with van der Waals surface area (Å²) in [7, 11) is 0. The number of Topliss-reactive ketones (excluding diaryl/α,β-unsaturated/α-hetero) is 1. The minimum Gasteiger partial charge on any atom is -0.307 e. The van der Waals surface area contributed by atoms with Crippen LogP contribution in [-0.4, -0.2) is 29.9 Å². The van der Waals surface area contributed by atoms with Gasteiger partial charge in [0.1, 0.15) is 5.71 Å². The molecule has 2 aliphatic rings. The van der Waals surface area contributed by atoms with Crippen LogP contribution < -0.4 is 10.3 Å². The van der Waals surface area contributed by atoms with Crippen LogP contribution in [-0.2, 0) is 16.0 Å². The van der Waals surface area contributed by atoms with E-state index in [-0.39, 0.29) is 24.0 Å². The quantitative estimate of drug-likeness (QED) is 0.825. The van der Waals surface area contributed by atoms with Gasteiger partial charge < -0.3 is 4.90 Å². The predicted molar refractivity (Wildman–Crippen MR) is 77.3 cm³/mol. The van der Waals surface area contributed by atoms with Crippen LogP contribution in [0.15, 0.2) is 23.3 Å². The van der Waals surface area contributed by atoms with Gasteiger partial charge in [-0.15, -0.1) is 0 Å². The van der Waals surface area contributed by atoms with Crippen molar-refractivity contribution in [3.05, 3.63) is 29.3 Å². The summed E-state index contributed by atoms with van der Waals surface area (Å²) in [6.45, 7) is 2.10. The summed E-state index contributed by atoms with van der Waals surface area (Å²) in [6.07, 6.45) is 1.37. The highest BCUT2D eigenvalue weighted by atomic mass is 16.2. The molecule has 6 heteroatoms. The van der Waals surface area contributed by atoms with E-state index in [1.807, 2.05) is 6.07 Å². The Morgan fingerprint density at radius 1 is 1.24 bits per heavy atom. The molecule has 0 saturated carbocycles. The second kappa shape index (κ2) is 5.12. The van der Waals surface area contributed by atoms with Crippen molar-refractivity contribution in [3.63, 3.8) is 0 Å². The summed E-state index contributed by atoms with van der Waals surface area (Å²) in [5.74, 6) is -0.328. The number of carbonyl (C=O) groups is 3. The number of rotatable bonds is 2. The van der Waals surface area contributed by atoms with Crippen LogP contribution in [0.5, 0.6) is 0 Å². The smallest absolute Gasteiger partial charge is 0.274 e. The van der Waals surface area contributed by atoms with Crippen LogP contribution in [0.1, 0.15) is 35.7 Å². The minimum absolute atomic E-state index is 0.0157. The average Bonchev–Trinajstić information content (AvgIpc) is 2.90. The summed E-state index contributed by atoms with van der Waals surface area (Å²) < 4.78 is 0. The molecule has 2 amide bonds. The lowest BCUT2D eigenvalue weighted by Gasteiger charge is -2.20. The molecule has 0 atom stereocenters. The van der Waals surface area contributed by atoms with Crippen molar-refractivity contribution < 1.29 is 14.4 Å². The molecular weight excluding hydrogens is 270 g/mol. The molecule has 21 heavy (non-hydrogen) atoms. The van der Waals surface area contributed by atoms with E-state index in [9.17, 15) is 14.4 Å². The highest BCUT2D eigenvalue weighted by Crippen LogP contribution is 2.29. The van der Waals surface area contributed by atoms with Crippen LogP contribution in [0, 0.1) is 0 Å². The molecule has 2 aliphatic heterocycles. The molecular formula is C15H15N3O3. The van der Waals surface area contributed by atoms with Crippen LogP contribution in [0.4, 0.5) is 5.69 Å². The molecule has 2 heterocycles. The Balaban J connectivity index is 1.86. The lowest BCUT2D eigenvalue weighted by molar-refractivity contribution is -0.121. The molecule has 0 fully saturated rings. The number of hydrogen-bond donors (Lipinski definition) is 1. The molecule has 108 valence electrons. The topological polar surface area (TPSA) is 78.8 Å². The first-order chi connectivity index (χ1) is 10.1. The predicted octanol–water partition coefficient (Wildman–Crippen LogP) is 1.04. The molecule has 0 saturated heterocycles. The fraction of sp³-hybridized carbons (Fsp3) is 0.333. The number of ketones is 1. The molecule has 1 aromatic carbocycles. The summed E-state index contributed by atoms with van der Waals surface area (Å²) in [6, 6.07) is 5.38. The summed E-state index contributed by atoms with van der Waals surface area (Å²) in [4.78, 5) is 36.6. The van der Waals surface area contributed by atoms with E-state index in [0.29, 0.717) is 24.2 Å². The number of hydrogen-bond acceptors (Lipinski definition) is 4. The highest BCUT2D eigenvalue weighted by Gasteiger charge is 2.29. The summed E-state index contributed by atoms with van der Waals surface area (Å²) >= 11 is 0. The van der Waals surface area contributed by atoms with Crippen LogP contribution in [0.3, 0.4) is 0 Å². The van der Waals surface area contributed by atoms with Crippen LogP contribution in [0.2, 0.25) is 0 Å². The second-order valence-corrected chi connectivity index (χ2v) is 5.20. The van der Waals surface area contributed by atoms with E-state index < -0.39 is 0 Å². The van der Waals surface area contributed by atoms with Crippen molar-refractivity contribution in [1.29, 1.82) is 0 Å². The van der Waals surface area contributed by atoms with Crippen LogP contribution in [0.25, 0.3) is 0 Å². The molecule has 0 aliphatic carbocycles. The number of fused-ring (bicyclic) bond motifs is 1. The Morgan fingerprint density at radius 2 is 2.05 bits per heavy atom. The largest absolute Gasteiger partial charge is 0.307 e. The molecule has 1 N–H and O–H groups in total. The zero-order valence-corrected chi connectivity index (χ0v) is 11.7. The van der Waals surface area contributed by atoms with E-state index >= 15 is 0 Å². The molecule has 0 aromatic heterocycles. The Labute approximate surface area is 121 Å². The normalized spacial score (nSPS) is 17.1. The third-order valence-electron chi connectivity index (χ3n) is 3.78. The van der Waals surface area contributed by atoms with E-state index in [2.05, 4.69) is 10.5 Å². The van der Waals surface area contributed by atoms with Gasteiger partial charge >= 0.3 is 0 Å². The van der Waals surface area contributed by atoms with Crippen molar-refractivity contribution >= 4 is 29.0 Å². The molecule has 0 spiro atoms. The first kappa shape index (κ1) is 13.5. The first-order valence-corrected chi connectivity index (χ1v) is 6.87. The number of nitrogens with zero attached hydrogens (tertiary/aromatic N) is 2. The van der Waals surface area contributed by atoms with Gasteiger partial charge in [0.15, 0.2) is 5.78 Å². The number of nitrogens with one attached hydrogen (secondary N) is 1. The van der Waals surface area contributed by atoms with Crippen molar-refractivity contribution in [2.24, 2.45) is 5.10 Å². The summed E-state index contributed by atoms with van der Waals surface area (Å²) in [5.41, 5.74) is 5.19. The standard InChI is InChI=1S/C15H15N3O3/c1-9(19)10-2-4-13-11(8-10)6-7-18(13)15(21)12-3-5-14(20)17-16-12/h2,4,8H,3,5-7H2,1H3,(H,17,20). The Bertz CT molecular complexity index is 679. The molecule has 1 aromatic rings. The Hall–Kier alpha value is -2.50. The molecule has 0 bridgehead atoms. The van der Waals surface area contributed by atoms with Gasteiger partial charge in [0.2, 0.25) is 5.91 Å². The first-order valence-electron chi connectivity index (χ1n) is 6.87. The van der Waals surface area contributed by atoms with Gasteiger partial charge in [-0.2, -0.15) is 5.10 Å². The van der Waals surface area contributed by atoms with Gasteiger partial charge in [-0.1, -0.05) is 0 Å². The average molecular weight is 285 g/mol. The van der Waals surface area contributed by atoms with Gasteiger partial charge in [-0.3, -0.25) is 14.4 Å². The third-order valence-corrected chi connectivity index (χ3v) is 3.78. The van der Waals surface area contributed by atoms with Gasteiger partial charge in [0.05, 0.1) is 0 Å². The van der Waals surface area contributed by atoms with E-state index in [0.717, 1.165) is 17.7 Å². The van der Waals surface area contributed by atoms with E-state index in [1.54, 1.807) is 17.0 Å². The fourth-order valence-corrected chi connectivity index (χ4v) is 2.62. The number of amides is 2. The molecule has 3 rings (SSSR count). The van der Waals surface area contributed by atoms with Gasteiger partial charge in [-0.25, -0.2) is 5.43 Å². The van der Waals surface area contributed by atoms with Crippen molar-refractivity contribution in [2.45, 2.75) is 26.2 Å². The number of benzene rings is 1. The zero-order valence-electron chi connectivity index (χ0n) is 11.7. The Morgan fingerprint density at radius 3 is 2.71 bits per heavy atom. The van der Waals surface area contributed by atoms with E-state index in [1.165, 1.54) is 6.92 Å². The maximum Gasteiger partial charge on any atom is 0.274 e. The maximum absolute atomic E-state index is 12.5. The van der Waals surface area contributed by atoms with Crippen LogP contribution >= 0.6 is 0 Å². The molecule has 0 radical (unpaired) electrons. The Kier molecular flexibility index (Phi) is 3.29. The minimum atomic E-state index is -0.177. The van der Waals surface area contributed by atoms with Crippen molar-refractivity contribution in [2.75, 3.05) is 11.4 Å². The van der Waals surface area contributed by atoms with Gasteiger partial charge in [-0.05, 0) is 37.1 Å². The van der Waals surface area contributed by atoms with Crippen molar-refractivity contribution in [1.82, 2.24) is 5.43 Å². The lowest BCUT2D eigenvalue weighted by atomic mass is 10.1. The molecule has 6 nitrogen and oxygen atoms in total. The van der Waals surface area contributed by atoms with Crippen molar-refractivity contribution in [3.8, 4) is 0 Å².